The summed E-state index contributed by atoms with van der Waals surface area (Å²) in [6.45, 7) is 2.22. The van der Waals surface area contributed by atoms with Gasteiger partial charge in [-0.2, -0.15) is 0 Å². The van der Waals surface area contributed by atoms with Crippen LogP contribution in [-0.2, 0) is 0 Å². The summed E-state index contributed by atoms with van der Waals surface area (Å²) in [5, 5.41) is 3.71. The van der Waals surface area contributed by atoms with Crippen molar-refractivity contribution in [2.45, 2.75) is 31.7 Å². The molecule has 1 N–H and O–H groups in total. The van der Waals surface area contributed by atoms with E-state index in [-0.39, 0.29) is 0 Å². The number of hydrogen-bond acceptors (Lipinski definition) is 2. The molecule has 0 heterocycles. The molecule has 0 radical (unpaired) electrons. The molecule has 3 rings (SSSR count). The van der Waals surface area contributed by atoms with Crippen LogP contribution in [0, 0.1) is 6.92 Å². The van der Waals surface area contributed by atoms with E-state index in [1.807, 2.05) is 0 Å². The summed E-state index contributed by atoms with van der Waals surface area (Å²) >= 11 is 0. The summed E-state index contributed by atoms with van der Waals surface area (Å²) in [6, 6.07) is 17.9. The Labute approximate surface area is 127 Å². The molecule has 0 spiro atoms. The zero-order valence-electron chi connectivity index (χ0n) is 13.1. The second kappa shape index (κ2) is 5.80. The SMILES string of the molecule is Cc1ccccc1C1CC(Nc2ccccc2N(C)C)C1. The van der Waals surface area contributed by atoms with Crippen molar-refractivity contribution in [3.63, 3.8) is 0 Å². The highest BCUT2D eigenvalue weighted by atomic mass is 15.1. The first-order valence-electron chi connectivity index (χ1n) is 7.73. The standard InChI is InChI=1S/C19H24N2/c1-14-8-4-5-9-17(14)15-12-16(13-15)20-18-10-6-7-11-19(18)21(2)3/h4-11,15-16,20H,12-13H2,1-3H3. The van der Waals surface area contributed by atoms with Crippen LogP contribution >= 0.6 is 0 Å². The third kappa shape index (κ3) is 2.90. The molecule has 2 aromatic carbocycles. The van der Waals surface area contributed by atoms with Gasteiger partial charge in [-0.1, -0.05) is 36.4 Å². The Hall–Kier alpha value is -1.96. The van der Waals surface area contributed by atoms with Gasteiger partial charge in [0.25, 0.3) is 0 Å². The number of nitrogens with one attached hydrogen (secondary N) is 1. The van der Waals surface area contributed by atoms with Crippen LogP contribution in [0.5, 0.6) is 0 Å². The van der Waals surface area contributed by atoms with Crippen molar-refractivity contribution in [3.8, 4) is 0 Å². The first-order valence-corrected chi connectivity index (χ1v) is 7.73. The maximum atomic E-state index is 3.71. The third-order valence-electron chi connectivity index (χ3n) is 4.51. The molecule has 0 amide bonds. The molecule has 2 aromatic rings. The highest BCUT2D eigenvalue weighted by Crippen LogP contribution is 2.40. The van der Waals surface area contributed by atoms with Gasteiger partial charge < -0.3 is 10.2 Å². The minimum Gasteiger partial charge on any atom is -0.381 e. The summed E-state index contributed by atoms with van der Waals surface area (Å²) in [5.74, 6) is 0.718. The summed E-state index contributed by atoms with van der Waals surface area (Å²) in [4.78, 5) is 2.17. The molecule has 1 aliphatic carbocycles. The molecule has 0 aromatic heterocycles. The number of anilines is 2. The molecule has 110 valence electrons. The van der Waals surface area contributed by atoms with E-state index in [1.54, 1.807) is 0 Å². The van der Waals surface area contributed by atoms with Crippen LogP contribution in [-0.4, -0.2) is 20.1 Å². The van der Waals surface area contributed by atoms with Crippen molar-refractivity contribution in [1.29, 1.82) is 0 Å². The molecule has 0 atom stereocenters. The van der Waals surface area contributed by atoms with Gasteiger partial charge in [0.1, 0.15) is 0 Å². The Morgan fingerprint density at radius 2 is 1.62 bits per heavy atom. The molecule has 1 aliphatic rings. The van der Waals surface area contributed by atoms with Gasteiger partial charge >= 0.3 is 0 Å². The average molecular weight is 280 g/mol. The summed E-state index contributed by atoms with van der Waals surface area (Å²) in [6.07, 6.45) is 2.46. The highest BCUT2D eigenvalue weighted by molar-refractivity contribution is 5.69. The number of aryl methyl sites for hydroxylation is 1. The van der Waals surface area contributed by atoms with Crippen molar-refractivity contribution in [1.82, 2.24) is 0 Å². The van der Waals surface area contributed by atoms with Gasteiger partial charge in [0, 0.05) is 20.1 Å². The lowest BCUT2D eigenvalue weighted by Crippen LogP contribution is -2.34. The monoisotopic (exact) mass is 280 g/mol. The maximum Gasteiger partial charge on any atom is 0.0596 e. The fraction of sp³-hybridized carbons (Fsp3) is 0.368. The van der Waals surface area contributed by atoms with Crippen molar-refractivity contribution in [3.05, 3.63) is 59.7 Å². The van der Waals surface area contributed by atoms with Crippen LogP contribution in [0.2, 0.25) is 0 Å². The van der Waals surface area contributed by atoms with E-state index in [9.17, 15) is 0 Å². The summed E-state index contributed by atoms with van der Waals surface area (Å²) in [5.41, 5.74) is 5.46. The molecule has 1 saturated carbocycles. The lowest BCUT2D eigenvalue weighted by molar-refractivity contribution is 0.373. The van der Waals surface area contributed by atoms with Gasteiger partial charge in [-0.25, -0.2) is 0 Å². The predicted octanol–water partition coefficient (Wildman–Crippen LogP) is 4.42. The Kier molecular flexibility index (Phi) is 3.87. The second-order valence-corrected chi connectivity index (χ2v) is 6.28. The zero-order chi connectivity index (χ0) is 14.8. The third-order valence-corrected chi connectivity index (χ3v) is 4.51. The highest BCUT2D eigenvalue weighted by Gasteiger charge is 2.31. The molecule has 2 heteroatoms. The van der Waals surface area contributed by atoms with Gasteiger partial charge in [0.15, 0.2) is 0 Å². The van der Waals surface area contributed by atoms with E-state index in [1.165, 1.54) is 35.3 Å². The van der Waals surface area contributed by atoms with E-state index in [2.05, 4.69) is 79.8 Å². The van der Waals surface area contributed by atoms with Gasteiger partial charge in [-0.3, -0.25) is 0 Å². The van der Waals surface area contributed by atoms with Crippen molar-refractivity contribution in [2.75, 3.05) is 24.3 Å². The van der Waals surface area contributed by atoms with E-state index in [0.29, 0.717) is 6.04 Å². The lowest BCUT2D eigenvalue weighted by Gasteiger charge is -2.38. The molecule has 1 fully saturated rings. The van der Waals surface area contributed by atoms with Crippen LogP contribution in [0.15, 0.2) is 48.5 Å². The molecule has 0 unspecified atom stereocenters. The number of hydrogen-bond donors (Lipinski definition) is 1. The Morgan fingerprint density at radius 3 is 2.33 bits per heavy atom. The lowest BCUT2D eigenvalue weighted by atomic mass is 9.74. The Bertz CT molecular complexity index is 612. The minimum absolute atomic E-state index is 0.593. The Balaban J connectivity index is 1.64. The number of nitrogens with zero attached hydrogens (tertiary/aromatic N) is 1. The molecule has 0 saturated heterocycles. The minimum atomic E-state index is 0.593. The van der Waals surface area contributed by atoms with E-state index >= 15 is 0 Å². The van der Waals surface area contributed by atoms with Crippen LogP contribution in [0.4, 0.5) is 11.4 Å². The first-order chi connectivity index (χ1) is 10.1. The summed E-state index contributed by atoms with van der Waals surface area (Å²) < 4.78 is 0. The number of benzene rings is 2. The molecule has 0 aliphatic heterocycles. The topological polar surface area (TPSA) is 15.3 Å². The number of para-hydroxylation sites is 2. The van der Waals surface area contributed by atoms with E-state index in [0.717, 1.165) is 5.92 Å². The van der Waals surface area contributed by atoms with Crippen LogP contribution in [0.1, 0.15) is 29.9 Å². The fourth-order valence-corrected chi connectivity index (χ4v) is 3.24. The molecule has 0 bridgehead atoms. The molecular formula is C19H24N2. The smallest absolute Gasteiger partial charge is 0.0596 e. The van der Waals surface area contributed by atoms with Crippen molar-refractivity contribution < 1.29 is 0 Å². The predicted molar refractivity (Wildman–Crippen MR) is 91.3 cm³/mol. The summed E-state index contributed by atoms with van der Waals surface area (Å²) in [7, 11) is 4.19. The number of rotatable bonds is 4. The molecular weight excluding hydrogens is 256 g/mol. The van der Waals surface area contributed by atoms with Crippen molar-refractivity contribution >= 4 is 11.4 Å². The van der Waals surface area contributed by atoms with Crippen LogP contribution in [0.25, 0.3) is 0 Å². The average Bonchev–Trinajstić information content (AvgIpc) is 2.44. The maximum absolute atomic E-state index is 3.71. The zero-order valence-corrected chi connectivity index (χ0v) is 13.1. The van der Waals surface area contributed by atoms with E-state index in [4.69, 9.17) is 0 Å². The van der Waals surface area contributed by atoms with Gasteiger partial charge in [0.05, 0.1) is 11.4 Å². The van der Waals surface area contributed by atoms with Crippen molar-refractivity contribution in [2.24, 2.45) is 0 Å². The molecule has 2 nitrogen and oxygen atoms in total. The van der Waals surface area contributed by atoms with Gasteiger partial charge in [0.2, 0.25) is 0 Å². The molecule has 21 heavy (non-hydrogen) atoms. The van der Waals surface area contributed by atoms with Gasteiger partial charge in [-0.05, 0) is 48.9 Å². The first kappa shape index (κ1) is 14.0. The Morgan fingerprint density at radius 1 is 0.952 bits per heavy atom. The second-order valence-electron chi connectivity index (χ2n) is 6.28. The fourth-order valence-electron chi connectivity index (χ4n) is 3.24. The van der Waals surface area contributed by atoms with Crippen LogP contribution < -0.4 is 10.2 Å². The van der Waals surface area contributed by atoms with Crippen LogP contribution in [0.3, 0.4) is 0 Å². The normalized spacial score (nSPS) is 20.7. The quantitative estimate of drug-likeness (QED) is 0.892. The van der Waals surface area contributed by atoms with Gasteiger partial charge in [-0.15, -0.1) is 0 Å². The largest absolute Gasteiger partial charge is 0.381 e. The van der Waals surface area contributed by atoms with E-state index < -0.39 is 0 Å².